The number of nitrogens with zero attached hydrogens (tertiary/aromatic N) is 1. The second-order valence-electron chi connectivity index (χ2n) is 5.20. The molecular formula is C13H13NO6S2. The Kier molecular flexibility index (Phi) is 4.09. The minimum absolute atomic E-state index is 0.114. The van der Waals surface area contributed by atoms with Gasteiger partial charge in [0.05, 0.1) is 21.0 Å². The molecule has 0 amide bonds. The Labute approximate surface area is 130 Å². The van der Waals surface area contributed by atoms with Crippen LogP contribution in [0.5, 0.6) is 0 Å². The van der Waals surface area contributed by atoms with Crippen molar-refractivity contribution >= 4 is 31.3 Å². The van der Waals surface area contributed by atoms with Crippen LogP contribution in [0.15, 0.2) is 24.3 Å². The van der Waals surface area contributed by atoms with Crippen LogP contribution < -0.4 is 0 Å². The molecule has 0 spiro atoms. The summed E-state index contributed by atoms with van der Waals surface area (Å²) in [6.45, 7) is 0. The van der Waals surface area contributed by atoms with Crippen LogP contribution in [0.1, 0.15) is 29.6 Å². The maximum absolute atomic E-state index is 12.1. The number of ether oxygens (including phenoxy) is 1. The molecule has 1 saturated heterocycles. The molecule has 0 radical (unpaired) electrons. The summed E-state index contributed by atoms with van der Waals surface area (Å²) in [5, 5.41) is 9.84. The monoisotopic (exact) mass is 343 g/mol. The van der Waals surface area contributed by atoms with Gasteiger partial charge in [-0.25, -0.2) is 13.2 Å². The second kappa shape index (κ2) is 5.88. The van der Waals surface area contributed by atoms with Gasteiger partial charge in [-0.1, -0.05) is 6.42 Å². The van der Waals surface area contributed by atoms with E-state index in [4.69, 9.17) is 4.74 Å². The third kappa shape index (κ3) is 2.58. The molecule has 118 valence electrons. The lowest BCUT2D eigenvalue weighted by Crippen LogP contribution is -2.38. The zero-order chi connectivity index (χ0) is 15.9. The lowest BCUT2D eigenvalue weighted by Gasteiger charge is -2.26. The highest BCUT2D eigenvalue weighted by molar-refractivity contribution is 8.62. The minimum atomic E-state index is -1.48. The number of carbonyl (C=O) groups excluding carboxylic acids is 1. The van der Waals surface area contributed by atoms with Crippen molar-refractivity contribution in [2.75, 3.05) is 0 Å². The molecule has 22 heavy (non-hydrogen) atoms. The fourth-order valence-electron chi connectivity index (χ4n) is 2.81. The van der Waals surface area contributed by atoms with Crippen molar-refractivity contribution in [3.8, 4) is 0 Å². The Bertz CT molecular complexity index is 652. The summed E-state index contributed by atoms with van der Waals surface area (Å²) in [4.78, 5) is 22.2. The normalized spacial score (nSPS) is 33.4. The molecule has 1 aromatic rings. The predicted molar refractivity (Wildman–Crippen MR) is 80.0 cm³/mol. The number of hydrogen-bond donors (Lipinski definition) is 0. The fraction of sp³-hybridized carbons (Fsp3) is 0.462. The molecule has 1 aliphatic heterocycles. The highest BCUT2D eigenvalue weighted by atomic mass is 33.1. The van der Waals surface area contributed by atoms with E-state index >= 15 is 0 Å². The van der Waals surface area contributed by atoms with E-state index in [-0.39, 0.29) is 21.8 Å². The quantitative estimate of drug-likeness (QED) is 0.356. The Morgan fingerprint density at radius 3 is 2.18 bits per heavy atom. The van der Waals surface area contributed by atoms with Crippen LogP contribution in [0.4, 0.5) is 5.69 Å². The van der Waals surface area contributed by atoms with Gasteiger partial charge in [-0.05, 0) is 25.0 Å². The molecule has 3 unspecified atom stereocenters. The van der Waals surface area contributed by atoms with Gasteiger partial charge in [-0.2, -0.15) is 0 Å². The van der Waals surface area contributed by atoms with Crippen LogP contribution in [0.2, 0.25) is 0 Å². The van der Waals surface area contributed by atoms with E-state index in [1.807, 2.05) is 0 Å². The van der Waals surface area contributed by atoms with Crippen molar-refractivity contribution in [2.45, 2.75) is 35.9 Å². The van der Waals surface area contributed by atoms with E-state index in [1.165, 1.54) is 24.3 Å². The van der Waals surface area contributed by atoms with Crippen LogP contribution in [0, 0.1) is 10.1 Å². The van der Waals surface area contributed by atoms with E-state index in [9.17, 15) is 23.3 Å². The number of nitro benzene ring substituents is 1. The van der Waals surface area contributed by atoms with Crippen LogP contribution in [0.25, 0.3) is 0 Å². The Balaban J connectivity index is 1.76. The Morgan fingerprint density at radius 1 is 1.14 bits per heavy atom. The van der Waals surface area contributed by atoms with E-state index < -0.39 is 36.7 Å². The summed E-state index contributed by atoms with van der Waals surface area (Å²) in [6.07, 6.45) is 1.50. The lowest BCUT2D eigenvalue weighted by atomic mass is 9.96. The lowest BCUT2D eigenvalue weighted by molar-refractivity contribution is -0.384. The molecule has 0 N–H and O–H groups in total. The van der Waals surface area contributed by atoms with Crippen molar-refractivity contribution in [1.29, 1.82) is 0 Å². The van der Waals surface area contributed by atoms with Gasteiger partial charge in [-0.15, -0.1) is 0 Å². The van der Waals surface area contributed by atoms with Gasteiger partial charge < -0.3 is 4.74 Å². The van der Waals surface area contributed by atoms with E-state index in [2.05, 4.69) is 0 Å². The predicted octanol–water partition coefficient (Wildman–Crippen LogP) is 1.47. The van der Waals surface area contributed by atoms with Gasteiger partial charge >= 0.3 is 5.97 Å². The third-order valence-corrected chi connectivity index (χ3v) is 8.70. The number of non-ortho nitro benzene ring substituents is 1. The number of esters is 1. The molecule has 5 atom stereocenters. The molecule has 1 aromatic carbocycles. The first kappa shape index (κ1) is 15.3. The summed E-state index contributed by atoms with van der Waals surface area (Å²) in [5.74, 6) is -0.632. The minimum Gasteiger partial charge on any atom is -0.456 e. The fourth-order valence-corrected chi connectivity index (χ4v) is 7.74. The first-order valence-electron chi connectivity index (χ1n) is 6.76. The molecule has 2 aliphatic rings. The zero-order valence-corrected chi connectivity index (χ0v) is 13.0. The van der Waals surface area contributed by atoms with Crippen LogP contribution in [0.3, 0.4) is 0 Å². The smallest absolute Gasteiger partial charge is 0.338 e. The highest BCUT2D eigenvalue weighted by Crippen LogP contribution is 2.38. The molecule has 1 heterocycles. The van der Waals surface area contributed by atoms with E-state index in [0.29, 0.717) is 12.8 Å². The topological polar surface area (TPSA) is 104 Å². The Hall–Kier alpha value is -1.61. The number of fused-ring (bicyclic) bond motifs is 2. The van der Waals surface area contributed by atoms with Crippen molar-refractivity contribution in [3.05, 3.63) is 39.9 Å². The number of rotatable bonds is 3. The van der Waals surface area contributed by atoms with Gasteiger partial charge in [0.15, 0.2) is 0 Å². The maximum Gasteiger partial charge on any atom is 0.338 e. The molecule has 9 heteroatoms. The number of hydrogen-bond acceptors (Lipinski definition) is 6. The SMILES string of the molecule is O=C(OC1[C@H]2CCC[C@@H]1S(=O)S2=O)c1ccc([N+](=O)[O-])cc1. The Morgan fingerprint density at radius 2 is 1.68 bits per heavy atom. The van der Waals surface area contributed by atoms with Crippen molar-refractivity contribution in [2.24, 2.45) is 0 Å². The molecular weight excluding hydrogens is 330 g/mol. The molecule has 3 rings (SSSR count). The first-order chi connectivity index (χ1) is 10.5. The molecule has 7 nitrogen and oxygen atoms in total. The molecule has 1 aliphatic carbocycles. The van der Waals surface area contributed by atoms with Crippen LogP contribution in [-0.2, 0) is 24.4 Å². The molecule has 2 fully saturated rings. The number of nitro groups is 1. The summed E-state index contributed by atoms with van der Waals surface area (Å²) >= 11 is 0. The van der Waals surface area contributed by atoms with Gasteiger partial charge in [0, 0.05) is 12.1 Å². The summed E-state index contributed by atoms with van der Waals surface area (Å²) < 4.78 is 29.4. The van der Waals surface area contributed by atoms with Gasteiger partial charge in [0.25, 0.3) is 5.69 Å². The third-order valence-electron chi connectivity index (χ3n) is 3.92. The second-order valence-corrected chi connectivity index (χ2v) is 9.43. The first-order valence-corrected chi connectivity index (χ1v) is 9.70. The van der Waals surface area contributed by atoms with E-state index in [0.717, 1.165) is 6.42 Å². The average molecular weight is 343 g/mol. The van der Waals surface area contributed by atoms with Gasteiger partial charge in [0.1, 0.15) is 25.8 Å². The molecule has 0 aromatic heterocycles. The zero-order valence-electron chi connectivity index (χ0n) is 11.4. The van der Waals surface area contributed by atoms with Crippen molar-refractivity contribution in [3.63, 3.8) is 0 Å². The van der Waals surface area contributed by atoms with Crippen molar-refractivity contribution in [1.82, 2.24) is 0 Å². The van der Waals surface area contributed by atoms with Gasteiger partial charge in [-0.3, -0.25) is 10.1 Å². The van der Waals surface area contributed by atoms with Crippen molar-refractivity contribution < 1.29 is 22.9 Å². The molecule has 1 saturated carbocycles. The largest absolute Gasteiger partial charge is 0.456 e. The standard InChI is InChI=1S/C13H13NO6S2/c15-13(8-4-6-9(7-5-8)14(16)17)20-12-10-2-1-3-11(12)22(19)21(10)18/h4-7,10-12H,1-3H2/t10-,11+,12?,21?,22?. The summed E-state index contributed by atoms with van der Waals surface area (Å²) in [7, 11) is -2.96. The maximum atomic E-state index is 12.1. The highest BCUT2D eigenvalue weighted by Gasteiger charge is 2.52. The van der Waals surface area contributed by atoms with E-state index in [1.54, 1.807) is 0 Å². The van der Waals surface area contributed by atoms with Crippen LogP contribution >= 0.6 is 0 Å². The molecule has 2 bridgehead atoms. The van der Waals surface area contributed by atoms with Gasteiger partial charge in [0.2, 0.25) is 0 Å². The number of benzene rings is 1. The van der Waals surface area contributed by atoms with Crippen LogP contribution in [-0.4, -0.2) is 35.9 Å². The average Bonchev–Trinajstić information content (AvgIpc) is 2.65. The number of carbonyl (C=O) groups is 1. The summed E-state index contributed by atoms with van der Waals surface area (Å²) in [6, 6.07) is 5.09. The summed E-state index contributed by atoms with van der Waals surface area (Å²) in [5.41, 5.74) is 0.0728.